The van der Waals surface area contributed by atoms with Gasteiger partial charge in [0.15, 0.2) is 0 Å². The van der Waals surface area contributed by atoms with Gasteiger partial charge in [-0.1, -0.05) is 0 Å². The molecule has 2 fully saturated rings. The van der Waals surface area contributed by atoms with Gasteiger partial charge in [0.25, 0.3) is 0 Å². The molecule has 3 rings (SSSR count). The lowest BCUT2D eigenvalue weighted by Gasteiger charge is -2.47. The van der Waals surface area contributed by atoms with E-state index >= 15 is 0 Å². The Kier molecular flexibility index (Phi) is 2.32. The first kappa shape index (κ1) is 10.3. The maximum atomic E-state index is 5.97. The van der Waals surface area contributed by atoms with Gasteiger partial charge in [0.2, 0.25) is 0 Å². The number of hydrogen-bond acceptors (Lipinski definition) is 2. The monoisotopic (exact) mass is 220 g/mol. The van der Waals surface area contributed by atoms with Crippen molar-refractivity contribution in [2.45, 2.75) is 57.6 Å². The molecular weight excluding hydrogens is 200 g/mol. The van der Waals surface area contributed by atoms with E-state index in [2.05, 4.69) is 23.4 Å². The smallest absolute Gasteiger partial charge is 0.0954 e. The second-order valence-corrected chi connectivity index (χ2v) is 5.35. The third-order valence-electron chi connectivity index (χ3n) is 4.41. The van der Waals surface area contributed by atoms with Crippen LogP contribution < -0.4 is 0 Å². The Morgan fingerprint density at radius 2 is 2.25 bits per heavy atom. The molecule has 3 nitrogen and oxygen atoms in total. The second kappa shape index (κ2) is 3.59. The minimum atomic E-state index is 0.230. The Labute approximate surface area is 96.8 Å². The Hall–Kier alpha value is -0.830. The maximum absolute atomic E-state index is 5.97. The Bertz CT molecular complexity index is 393. The van der Waals surface area contributed by atoms with Crippen LogP contribution in [0.15, 0.2) is 6.33 Å². The van der Waals surface area contributed by atoms with Gasteiger partial charge in [0.05, 0.1) is 17.6 Å². The number of nitrogens with zero attached hydrogens (tertiary/aromatic N) is 2. The second-order valence-electron chi connectivity index (χ2n) is 5.35. The van der Waals surface area contributed by atoms with Crippen molar-refractivity contribution in [1.29, 1.82) is 0 Å². The van der Waals surface area contributed by atoms with Gasteiger partial charge in [0.1, 0.15) is 0 Å². The average molecular weight is 220 g/mol. The highest BCUT2D eigenvalue weighted by Crippen LogP contribution is 2.45. The van der Waals surface area contributed by atoms with Crippen LogP contribution in [-0.2, 0) is 4.74 Å². The zero-order valence-electron chi connectivity index (χ0n) is 10.2. The fourth-order valence-corrected chi connectivity index (χ4v) is 3.04. The van der Waals surface area contributed by atoms with Crippen LogP contribution in [0.3, 0.4) is 0 Å². The first-order valence-electron chi connectivity index (χ1n) is 6.34. The minimum absolute atomic E-state index is 0.230. The third kappa shape index (κ3) is 1.49. The molecule has 1 spiro atoms. The SMILES string of the molecule is Cc1ncn(C2CCOC3(CCC3)C2)c1C. The highest BCUT2D eigenvalue weighted by molar-refractivity contribution is 5.11. The molecule has 0 aromatic carbocycles. The van der Waals surface area contributed by atoms with E-state index in [9.17, 15) is 0 Å². The van der Waals surface area contributed by atoms with Crippen LogP contribution in [-0.4, -0.2) is 21.8 Å². The molecule has 1 saturated carbocycles. The molecule has 2 heterocycles. The van der Waals surface area contributed by atoms with E-state index in [1.807, 2.05) is 6.33 Å². The van der Waals surface area contributed by atoms with Crippen LogP contribution in [0.5, 0.6) is 0 Å². The maximum Gasteiger partial charge on any atom is 0.0954 e. The van der Waals surface area contributed by atoms with Crippen LogP contribution >= 0.6 is 0 Å². The first-order valence-corrected chi connectivity index (χ1v) is 6.34. The van der Waals surface area contributed by atoms with E-state index in [4.69, 9.17) is 4.74 Å². The van der Waals surface area contributed by atoms with E-state index in [1.165, 1.54) is 31.4 Å². The molecule has 1 saturated heterocycles. The van der Waals surface area contributed by atoms with Crippen molar-refractivity contribution in [1.82, 2.24) is 9.55 Å². The lowest BCUT2D eigenvalue weighted by atomic mass is 9.74. The normalized spacial score (nSPS) is 28.0. The Morgan fingerprint density at radius 3 is 2.81 bits per heavy atom. The summed E-state index contributed by atoms with van der Waals surface area (Å²) in [5.74, 6) is 0. The predicted octanol–water partition coefficient (Wildman–Crippen LogP) is 2.77. The van der Waals surface area contributed by atoms with Crippen molar-refractivity contribution in [3.05, 3.63) is 17.7 Å². The quantitative estimate of drug-likeness (QED) is 0.727. The third-order valence-corrected chi connectivity index (χ3v) is 4.41. The summed E-state index contributed by atoms with van der Waals surface area (Å²) in [5, 5.41) is 0. The van der Waals surface area contributed by atoms with Gasteiger partial charge in [-0.15, -0.1) is 0 Å². The number of aromatic nitrogens is 2. The van der Waals surface area contributed by atoms with Gasteiger partial charge in [-0.2, -0.15) is 0 Å². The number of rotatable bonds is 1. The van der Waals surface area contributed by atoms with Gasteiger partial charge in [0, 0.05) is 18.3 Å². The topological polar surface area (TPSA) is 27.1 Å². The molecule has 2 aliphatic rings. The first-order chi connectivity index (χ1) is 7.70. The molecule has 0 N–H and O–H groups in total. The van der Waals surface area contributed by atoms with Crippen LogP contribution in [0.25, 0.3) is 0 Å². The van der Waals surface area contributed by atoms with Crippen molar-refractivity contribution in [2.24, 2.45) is 0 Å². The lowest BCUT2D eigenvalue weighted by molar-refractivity contribution is -0.140. The summed E-state index contributed by atoms with van der Waals surface area (Å²) in [6.07, 6.45) is 8.19. The molecule has 88 valence electrons. The minimum Gasteiger partial charge on any atom is -0.375 e. The van der Waals surface area contributed by atoms with Crippen molar-refractivity contribution >= 4 is 0 Å². The summed E-state index contributed by atoms with van der Waals surface area (Å²) < 4.78 is 8.33. The van der Waals surface area contributed by atoms with E-state index in [0.29, 0.717) is 6.04 Å². The summed E-state index contributed by atoms with van der Waals surface area (Å²) in [5.41, 5.74) is 2.71. The zero-order valence-corrected chi connectivity index (χ0v) is 10.2. The van der Waals surface area contributed by atoms with Gasteiger partial charge >= 0.3 is 0 Å². The van der Waals surface area contributed by atoms with Crippen molar-refractivity contribution in [2.75, 3.05) is 6.61 Å². The number of hydrogen-bond donors (Lipinski definition) is 0. The summed E-state index contributed by atoms with van der Waals surface area (Å²) in [6, 6.07) is 0.607. The number of aryl methyl sites for hydroxylation is 1. The standard InChI is InChI=1S/C13H20N2O/c1-10-11(2)15(9-14-10)12-4-7-16-13(8-12)5-3-6-13/h9,12H,3-8H2,1-2H3. The van der Waals surface area contributed by atoms with Gasteiger partial charge in [-0.25, -0.2) is 4.98 Å². The van der Waals surface area contributed by atoms with Crippen LogP contribution in [0.2, 0.25) is 0 Å². The fraction of sp³-hybridized carbons (Fsp3) is 0.769. The van der Waals surface area contributed by atoms with Crippen molar-refractivity contribution in [3.63, 3.8) is 0 Å². The van der Waals surface area contributed by atoms with E-state index < -0.39 is 0 Å². The molecule has 1 atom stereocenters. The molecule has 1 aromatic rings. The molecule has 0 amide bonds. The largest absolute Gasteiger partial charge is 0.375 e. The lowest BCUT2D eigenvalue weighted by Crippen LogP contribution is -2.45. The molecule has 1 aliphatic heterocycles. The average Bonchev–Trinajstić information content (AvgIpc) is 2.58. The van der Waals surface area contributed by atoms with E-state index in [1.54, 1.807) is 0 Å². The van der Waals surface area contributed by atoms with Gasteiger partial charge in [-0.05, 0) is 46.0 Å². The van der Waals surface area contributed by atoms with Crippen LogP contribution in [0.1, 0.15) is 49.5 Å². The molecule has 1 unspecified atom stereocenters. The number of imidazole rings is 1. The fourth-order valence-electron chi connectivity index (χ4n) is 3.04. The highest BCUT2D eigenvalue weighted by atomic mass is 16.5. The zero-order chi connectivity index (χ0) is 11.2. The number of ether oxygens (including phenoxy) is 1. The van der Waals surface area contributed by atoms with Crippen LogP contribution in [0.4, 0.5) is 0 Å². The molecule has 0 radical (unpaired) electrons. The van der Waals surface area contributed by atoms with Gasteiger partial charge in [-0.3, -0.25) is 0 Å². The molecule has 3 heteroatoms. The molecule has 16 heavy (non-hydrogen) atoms. The summed E-state index contributed by atoms with van der Waals surface area (Å²) in [4.78, 5) is 4.41. The Morgan fingerprint density at radius 1 is 1.44 bits per heavy atom. The highest BCUT2D eigenvalue weighted by Gasteiger charge is 2.43. The molecule has 1 aliphatic carbocycles. The predicted molar refractivity (Wildman–Crippen MR) is 62.5 cm³/mol. The van der Waals surface area contributed by atoms with Crippen LogP contribution in [0, 0.1) is 13.8 Å². The molecule has 1 aromatic heterocycles. The Balaban J connectivity index is 1.82. The summed E-state index contributed by atoms with van der Waals surface area (Å²) in [6.45, 7) is 5.18. The van der Waals surface area contributed by atoms with Gasteiger partial charge < -0.3 is 9.30 Å². The van der Waals surface area contributed by atoms with Crippen molar-refractivity contribution < 1.29 is 4.74 Å². The van der Waals surface area contributed by atoms with Crippen molar-refractivity contribution in [3.8, 4) is 0 Å². The molecule has 0 bridgehead atoms. The summed E-state index contributed by atoms with van der Waals surface area (Å²) in [7, 11) is 0. The summed E-state index contributed by atoms with van der Waals surface area (Å²) >= 11 is 0. The molecular formula is C13H20N2O. The van der Waals surface area contributed by atoms with E-state index in [-0.39, 0.29) is 5.60 Å². The van der Waals surface area contributed by atoms with E-state index in [0.717, 1.165) is 18.7 Å².